The molecule has 0 aromatic carbocycles. The summed E-state index contributed by atoms with van der Waals surface area (Å²) in [7, 11) is 0. The Kier molecular flexibility index (Phi) is 6.14. The van der Waals surface area contributed by atoms with Gasteiger partial charge in [-0.1, -0.05) is 68.2 Å². The Morgan fingerprint density at radius 3 is 2.11 bits per heavy atom. The van der Waals surface area contributed by atoms with Crippen LogP contribution in [0.15, 0.2) is 0 Å². The number of esters is 1. The van der Waals surface area contributed by atoms with Gasteiger partial charge in [0.15, 0.2) is 0 Å². The smallest absolute Gasteiger partial charge is 0.302 e. The quantitative estimate of drug-likeness (QED) is 0.351. The summed E-state index contributed by atoms with van der Waals surface area (Å²) in [6.07, 6.45) is 15.4. The zero-order chi connectivity index (χ0) is 25.6. The summed E-state index contributed by atoms with van der Waals surface area (Å²) in [4.78, 5) is 11.9. The van der Waals surface area contributed by atoms with Gasteiger partial charge in [-0.25, -0.2) is 0 Å². The van der Waals surface area contributed by atoms with Gasteiger partial charge in [-0.05, 0) is 115 Å². The molecule has 5 aliphatic carbocycles. The van der Waals surface area contributed by atoms with Crippen LogP contribution in [0.2, 0.25) is 0 Å². The van der Waals surface area contributed by atoms with E-state index in [1.807, 2.05) is 0 Å². The fraction of sp³-hybridized carbons (Fsp3) is 0.970. The first kappa shape index (κ1) is 26.1. The van der Waals surface area contributed by atoms with Gasteiger partial charge in [0, 0.05) is 12.3 Å². The Labute approximate surface area is 217 Å². The van der Waals surface area contributed by atoms with Crippen molar-refractivity contribution < 1.29 is 9.53 Å². The van der Waals surface area contributed by atoms with E-state index >= 15 is 0 Å². The summed E-state index contributed by atoms with van der Waals surface area (Å²) in [6, 6.07) is 0. The molecular formula is C33H56O2. The van der Waals surface area contributed by atoms with Crippen molar-refractivity contribution in [1.82, 2.24) is 0 Å². The van der Waals surface area contributed by atoms with Crippen molar-refractivity contribution in [3.05, 3.63) is 0 Å². The van der Waals surface area contributed by atoms with Crippen LogP contribution in [0.3, 0.4) is 0 Å². The van der Waals surface area contributed by atoms with E-state index in [0.717, 1.165) is 41.9 Å². The standard InChI is InChI=1S/C33H56O2/c1-21(2)22(3)10-11-23(4)25-14-16-31(9)27-13-12-26-29(6,7)28(35-24(5)34)15-17-32(26)20-33(27,32)19-18-30(25,31)8/h21-23,25-28H,10-20H2,1-9H3/t22?,23?,25?,26-,27?,28?,30?,31-,32?,33?/m0/s1. The summed E-state index contributed by atoms with van der Waals surface area (Å²) < 4.78 is 5.91. The van der Waals surface area contributed by atoms with Gasteiger partial charge in [-0.15, -0.1) is 0 Å². The van der Waals surface area contributed by atoms with E-state index in [1.54, 1.807) is 6.92 Å². The van der Waals surface area contributed by atoms with Crippen molar-refractivity contribution in [3.8, 4) is 0 Å². The number of carbonyl (C=O) groups excluding carboxylic acids is 1. The van der Waals surface area contributed by atoms with E-state index in [2.05, 4.69) is 55.4 Å². The number of hydrogen-bond acceptors (Lipinski definition) is 2. The van der Waals surface area contributed by atoms with Gasteiger partial charge in [-0.2, -0.15) is 0 Å². The Morgan fingerprint density at radius 1 is 0.800 bits per heavy atom. The molecule has 200 valence electrons. The third-order valence-electron chi connectivity index (χ3n) is 14.3. The molecule has 0 heterocycles. The lowest BCUT2D eigenvalue weighted by Gasteiger charge is -2.63. The number of carbonyl (C=O) groups is 1. The summed E-state index contributed by atoms with van der Waals surface area (Å²) in [5, 5.41) is 0. The van der Waals surface area contributed by atoms with E-state index in [1.165, 1.54) is 64.2 Å². The van der Waals surface area contributed by atoms with Gasteiger partial charge in [0.05, 0.1) is 0 Å². The third kappa shape index (κ3) is 3.42. The second kappa shape index (κ2) is 8.23. The molecule has 35 heavy (non-hydrogen) atoms. The highest BCUT2D eigenvalue weighted by Crippen LogP contribution is 2.89. The maximum atomic E-state index is 11.9. The van der Waals surface area contributed by atoms with E-state index in [4.69, 9.17) is 4.74 Å². The average Bonchev–Trinajstić information content (AvgIpc) is 3.36. The van der Waals surface area contributed by atoms with E-state index < -0.39 is 0 Å². The fourth-order valence-corrected chi connectivity index (χ4v) is 11.8. The molecule has 0 saturated heterocycles. The Balaban J connectivity index is 1.36. The maximum absolute atomic E-state index is 11.9. The monoisotopic (exact) mass is 484 g/mol. The van der Waals surface area contributed by atoms with Gasteiger partial charge in [-0.3, -0.25) is 4.79 Å². The summed E-state index contributed by atoms with van der Waals surface area (Å²) in [6.45, 7) is 21.8. The molecule has 2 heteroatoms. The van der Waals surface area contributed by atoms with Crippen molar-refractivity contribution in [3.63, 3.8) is 0 Å². The first-order chi connectivity index (χ1) is 16.3. The minimum atomic E-state index is -0.0897. The molecule has 8 unspecified atom stereocenters. The summed E-state index contributed by atoms with van der Waals surface area (Å²) in [5.41, 5.74) is 2.27. The minimum Gasteiger partial charge on any atom is -0.462 e. The zero-order valence-electron chi connectivity index (χ0n) is 24.6. The van der Waals surface area contributed by atoms with Crippen molar-refractivity contribution in [2.45, 2.75) is 139 Å². The predicted octanol–water partition coefficient (Wildman–Crippen LogP) is 9.07. The molecule has 0 aromatic heterocycles. The molecule has 5 rings (SSSR count). The minimum absolute atomic E-state index is 0.0897. The SMILES string of the molecule is CC(=O)OC1CCC23CC24CCC2(C)C(C(C)CCC(C)C(C)C)CC[C@@]2(C)C4CC[C@H]3C1(C)C. The molecule has 0 amide bonds. The molecule has 0 aliphatic heterocycles. The van der Waals surface area contributed by atoms with Crippen molar-refractivity contribution in [1.29, 1.82) is 0 Å². The zero-order valence-corrected chi connectivity index (χ0v) is 24.6. The van der Waals surface area contributed by atoms with Gasteiger partial charge in [0.2, 0.25) is 0 Å². The van der Waals surface area contributed by atoms with Gasteiger partial charge in [0.1, 0.15) is 6.10 Å². The molecule has 10 atom stereocenters. The van der Waals surface area contributed by atoms with Crippen LogP contribution in [0, 0.1) is 62.6 Å². The van der Waals surface area contributed by atoms with Crippen LogP contribution in [0.4, 0.5) is 0 Å². The Bertz CT molecular complexity index is 844. The highest BCUT2D eigenvalue weighted by atomic mass is 16.5. The fourth-order valence-electron chi connectivity index (χ4n) is 11.8. The molecule has 0 N–H and O–H groups in total. The number of fused-ring (bicyclic) bond motifs is 2. The van der Waals surface area contributed by atoms with Crippen LogP contribution >= 0.6 is 0 Å². The van der Waals surface area contributed by atoms with Gasteiger partial charge in [0.25, 0.3) is 0 Å². The molecule has 2 spiro atoms. The highest BCUT2D eigenvalue weighted by Gasteiger charge is 2.82. The lowest BCUT2D eigenvalue weighted by atomic mass is 9.41. The first-order valence-corrected chi connectivity index (χ1v) is 15.4. The number of ether oxygens (including phenoxy) is 1. The van der Waals surface area contributed by atoms with Crippen LogP contribution in [-0.2, 0) is 9.53 Å². The molecule has 5 saturated carbocycles. The van der Waals surface area contributed by atoms with Crippen molar-refractivity contribution in [2.75, 3.05) is 0 Å². The third-order valence-corrected chi connectivity index (χ3v) is 14.3. The molecule has 0 aromatic rings. The highest BCUT2D eigenvalue weighted by molar-refractivity contribution is 5.66. The molecular weight excluding hydrogens is 428 g/mol. The molecule has 0 bridgehead atoms. The second-order valence-corrected chi connectivity index (χ2v) is 15.9. The Morgan fingerprint density at radius 2 is 1.46 bits per heavy atom. The van der Waals surface area contributed by atoms with Crippen LogP contribution < -0.4 is 0 Å². The number of rotatable bonds is 6. The number of hydrogen-bond donors (Lipinski definition) is 0. The van der Waals surface area contributed by atoms with Crippen molar-refractivity contribution in [2.24, 2.45) is 62.6 Å². The summed E-state index contributed by atoms with van der Waals surface area (Å²) >= 11 is 0. The summed E-state index contributed by atoms with van der Waals surface area (Å²) in [5.74, 6) is 4.98. The molecule has 5 fully saturated rings. The van der Waals surface area contributed by atoms with E-state index in [-0.39, 0.29) is 17.5 Å². The van der Waals surface area contributed by atoms with Crippen LogP contribution in [0.5, 0.6) is 0 Å². The Hall–Kier alpha value is -0.530. The molecule has 2 nitrogen and oxygen atoms in total. The average molecular weight is 485 g/mol. The molecule has 0 radical (unpaired) electrons. The van der Waals surface area contributed by atoms with E-state index in [0.29, 0.717) is 21.7 Å². The maximum Gasteiger partial charge on any atom is 0.302 e. The largest absolute Gasteiger partial charge is 0.462 e. The first-order valence-electron chi connectivity index (χ1n) is 15.4. The topological polar surface area (TPSA) is 26.3 Å². The second-order valence-electron chi connectivity index (χ2n) is 15.9. The predicted molar refractivity (Wildman–Crippen MR) is 145 cm³/mol. The van der Waals surface area contributed by atoms with Crippen molar-refractivity contribution >= 4 is 5.97 Å². The van der Waals surface area contributed by atoms with Crippen LogP contribution in [-0.4, -0.2) is 12.1 Å². The molecule has 5 aliphatic rings. The van der Waals surface area contributed by atoms with Crippen LogP contribution in [0.25, 0.3) is 0 Å². The van der Waals surface area contributed by atoms with Gasteiger partial charge >= 0.3 is 5.97 Å². The van der Waals surface area contributed by atoms with E-state index in [9.17, 15) is 4.79 Å². The lowest BCUT2D eigenvalue weighted by Crippen LogP contribution is -2.58. The normalized spacial score (nSPS) is 49.3. The van der Waals surface area contributed by atoms with Crippen LogP contribution in [0.1, 0.15) is 133 Å². The van der Waals surface area contributed by atoms with Gasteiger partial charge < -0.3 is 4.74 Å². The lowest BCUT2D eigenvalue weighted by molar-refractivity contribution is -0.181.